The predicted molar refractivity (Wildman–Crippen MR) is 64.1 cm³/mol. The lowest BCUT2D eigenvalue weighted by Crippen LogP contribution is -2.51. The molecule has 1 aromatic rings. The van der Waals surface area contributed by atoms with Gasteiger partial charge in [-0.15, -0.1) is 0 Å². The van der Waals surface area contributed by atoms with Crippen molar-refractivity contribution in [2.45, 2.75) is 31.8 Å². The summed E-state index contributed by atoms with van der Waals surface area (Å²) in [5, 5.41) is 3.59. The molecule has 3 rings (SSSR count). The highest BCUT2D eigenvalue weighted by molar-refractivity contribution is 7.71. The Kier molecular flexibility index (Phi) is 2.40. The first-order chi connectivity index (χ1) is 7.70. The number of piperazine rings is 1. The van der Waals surface area contributed by atoms with E-state index in [4.69, 9.17) is 12.2 Å². The number of aryl methyl sites for hydroxylation is 1. The molecule has 0 saturated carbocycles. The summed E-state index contributed by atoms with van der Waals surface area (Å²) in [6.07, 6.45) is 2.54. The van der Waals surface area contributed by atoms with Gasteiger partial charge in [-0.25, -0.2) is 4.98 Å². The van der Waals surface area contributed by atoms with Crippen molar-refractivity contribution >= 4 is 18.2 Å². The monoisotopic (exact) mass is 237 g/mol. The van der Waals surface area contributed by atoms with Crippen LogP contribution in [-0.4, -0.2) is 40.1 Å². The van der Waals surface area contributed by atoms with Crippen molar-refractivity contribution in [1.82, 2.24) is 20.3 Å². The maximum atomic E-state index is 5.05. The van der Waals surface area contributed by atoms with E-state index in [0.29, 0.717) is 16.9 Å². The van der Waals surface area contributed by atoms with Crippen LogP contribution in [-0.2, 0) is 0 Å². The molecule has 2 aliphatic rings. The molecule has 0 unspecified atom stereocenters. The normalized spacial score (nSPS) is 28.4. The SMILES string of the molecule is Cc1nc(=S)nc(N2C[C@H]3CC[C@@H](C2)N3)[nH]1. The summed E-state index contributed by atoms with van der Waals surface area (Å²) in [7, 11) is 0. The third-order valence-corrected chi connectivity index (χ3v) is 3.46. The largest absolute Gasteiger partial charge is 0.339 e. The zero-order valence-corrected chi connectivity index (χ0v) is 10.0. The van der Waals surface area contributed by atoms with Gasteiger partial charge in [-0.3, -0.25) is 0 Å². The van der Waals surface area contributed by atoms with E-state index in [0.717, 1.165) is 24.9 Å². The molecule has 0 spiro atoms. The van der Waals surface area contributed by atoms with E-state index < -0.39 is 0 Å². The molecule has 86 valence electrons. The molecule has 5 nitrogen and oxygen atoms in total. The third kappa shape index (κ3) is 1.82. The van der Waals surface area contributed by atoms with E-state index in [1.54, 1.807) is 0 Å². The maximum Gasteiger partial charge on any atom is 0.224 e. The number of hydrogen-bond acceptors (Lipinski definition) is 5. The summed E-state index contributed by atoms with van der Waals surface area (Å²) in [6.45, 7) is 3.94. The van der Waals surface area contributed by atoms with Gasteiger partial charge in [0.1, 0.15) is 5.82 Å². The predicted octanol–water partition coefficient (Wildman–Crippen LogP) is 0.783. The van der Waals surface area contributed by atoms with Crippen LogP contribution >= 0.6 is 12.2 Å². The van der Waals surface area contributed by atoms with E-state index in [1.165, 1.54) is 12.8 Å². The van der Waals surface area contributed by atoms with Crippen molar-refractivity contribution in [3.63, 3.8) is 0 Å². The minimum absolute atomic E-state index is 0.428. The standard InChI is InChI=1S/C10H15N5S/c1-6-11-9(14-10(16)12-6)15-4-7-2-3-8(5-15)13-7/h7-8,13H,2-5H2,1H3,(H,11,12,14,16)/t7-,8+. The lowest BCUT2D eigenvalue weighted by atomic mass is 10.2. The van der Waals surface area contributed by atoms with Crippen molar-refractivity contribution in [2.24, 2.45) is 0 Å². The molecule has 3 heterocycles. The Morgan fingerprint density at radius 2 is 1.94 bits per heavy atom. The highest BCUT2D eigenvalue weighted by atomic mass is 32.1. The fraction of sp³-hybridized carbons (Fsp3) is 0.700. The molecule has 2 aliphatic heterocycles. The molecule has 2 atom stereocenters. The molecular weight excluding hydrogens is 222 g/mol. The molecule has 2 bridgehead atoms. The molecule has 2 fully saturated rings. The van der Waals surface area contributed by atoms with Gasteiger partial charge in [0.25, 0.3) is 0 Å². The smallest absolute Gasteiger partial charge is 0.224 e. The zero-order valence-electron chi connectivity index (χ0n) is 9.23. The van der Waals surface area contributed by atoms with Gasteiger partial charge in [0.05, 0.1) is 0 Å². The lowest BCUT2D eigenvalue weighted by molar-refractivity contribution is 0.460. The van der Waals surface area contributed by atoms with Crippen LogP contribution in [0.15, 0.2) is 0 Å². The summed E-state index contributed by atoms with van der Waals surface area (Å²) in [4.78, 5) is 13.9. The Morgan fingerprint density at radius 1 is 1.25 bits per heavy atom. The Labute approximate surface area is 99.3 Å². The fourth-order valence-electron chi connectivity index (χ4n) is 2.60. The van der Waals surface area contributed by atoms with Crippen LogP contribution in [0.3, 0.4) is 0 Å². The number of nitrogens with zero attached hydrogens (tertiary/aromatic N) is 3. The minimum Gasteiger partial charge on any atom is -0.339 e. The van der Waals surface area contributed by atoms with E-state index in [1.807, 2.05) is 6.92 Å². The summed E-state index contributed by atoms with van der Waals surface area (Å²) >= 11 is 5.05. The topological polar surface area (TPSA) is 56.8 Å². The molecule has 2 saturated heterocycles. The second-order valence-electron chi connectivity index (χ2n) is 4.58. The highest BCUT2D eigenvalue weighted by Gasteiger charge is 2.32. The molecule has 0 aromatic carbocycles. The summed E-state index contributed by atoms with van der Waals surface area (Å²) in [6, 6.07) is 1.21. The van der Waals surface area contributed by atoms with Gasteiger partial charge in [0, 0.05) is 25.2 Å². The average molecular weight is 237 g/mol. The first-order valence-electron chi connectivity index (χ1n) is 5.66. The van der Waals surface area contributed by atoms with E-state index >= 15 is 0 Å². The first-order valence-corrected chi connectivity index (χ1v) is 6.07. The van der Waals surface area contributed by atoms with Gasteiger partial charge in [0.15, 0.2) is 0 Å². The van der Waals surface area contributed by atoms with Crippen molar-refractivity contribution < 1.29 is 0 Å². The van der Waals surface area contributed by atoms with Crippen LogP contribution in [0.4, 0.5) is 5.95 Å². The highest BCUT2D eigenvalue weighted by Crippen LogP contribution is 2.22. The fourth-order valence-corrected chi connectivity index (χ4v) is 2.82. The minimum atomic E-state index is 0.428. The Morgan fingerprint density at radius 3 is 2.56 bits per heavy atom. The number of rotatable bonds is 1. The van der Waals surface area contributed by atoms with Crippen LogP contribution < -0.4 is 10.2 Å². The van der Waals surface area contributed by atoms with Gasteiger partial charge >= 0.3 is 0 Å². The van der Waals surface area contributed by atoms with Gasteiger partial charge in [0.2, 0.25) is 10.7 Å². The van der Waals surface area contributed by atoms with Crippen LogP contribution in [0.1, 0.15) is 18.7 Å². The number of anilines is 1. The molecule has 1 aromatic heterocycles. The molecule has 16 heavy (non-hydrogen) atoms. The van der Waals surface area contributed by atoms with Crippen LogP contribution in [0, 0.1) is 11.7 Å². The lowest BCUT2D eigenvalue weighted by Gasteiger charge is -2.33. The van der Waals surface area contributed by atoms with E-state index in [9.17, 15) is 0 Å². The summed E-state index contributed by atoms with van der Waals surface area (Å²) in [5.41, 5.74) is 0. The van der Waals surface area contributed by atoms with Crippen molar-refractivity contribution in [1.29, 1.82) is 0 Å². The molecule has 6 heteroatoms. The second-order valence-corrected chi connectivity index (χ2v) is 4.95. The number of H-pyrrole nitrogens is 1. The molecule has 0 aliphatic carbocycles. The summed E-state index contributed by atoms with van der Waals surface area (Å²) < 4.78 is 0.428. The van der Waals surface area contributed by atoms with Crippen molar-refractivity contribution in [2.75, 3.05) is 18.0 Å². The number of aromatic amines is 1. The number of nitrogens with one attached hydrogen (secondary N) is 2. The molecule has 0 radical (unpaired) electrons. The van der Waals surface area contributed by atoms with Crippen molar-refractivity contribution in [3.05, 3.63) is 10.6 Å². The Bertz CT molecular complexity index is 445. The van der Waals surface area contributed by atoms with Crippen LogP contribution in [0.2, 0.25) is 0 Å². The Balaban J connectivity index is 1.89. The quantitative estimate of drug-likeness (QED) is 0.707. The zero-order chi connectivity index (χ0) is 11.1. The van der Waals surface area contributed by atoms with Gasteiger partial charge in [-0.1, -0.05) is 0 Å². The van der Waals surface area contributed by atoms with E-state index in [2.05, 4.69) is 25.2 Å². The van der Waals surface area contributed by atoms with Crippen LogP contribution in [0.5, 0.6) is 0 Å². The Hall–Kier alpha value is -1.01. The number of fused-ring (bicyclic) bond motifs is 2. The second kappa shape index (κ2) is 3.78. The van der Waals surface area contributed by atoms with Crippen LogP contribution in [0.25, 0.3) is 0 Å². The molecule has 0 amide bonds. The number of aromatic nitrogens is 3. The van der Waals surface area contributed by atoms with Crippen molar-refractivity contribution in [3.8, 4) is 0 Å². The molecule has 2 N–H and O–H groups in total. The summed E-state index contributed by atoms with van der Waals surface area (Å²) in [5.74, 6) is 1.71. The van der Waals surface area contributed by atoms with E-state index in [-0.39, 0.29) is 0 Å². The van der Waals surface area contributed by atoms with Gasteiger partial charge in [-0.05, 0) is 32.0 Å². The maximum absolute atomic E-state index is 5.05. The first kappa shape index (κ1) is 10.2. The van der Waals surface area contributed by atoms with Gasteiger partial charge < -0.3 is 15.2 Å². The third-order valence-electron chi connectivity index (χ3n) is 3.27. The average Bonchev–Trinajstić information content (AvgIpc) is 2.56. The number of hydrogen-bond donors (Lipinski definition) is 2. The van der Waals surface area contributed by atoms with Gasteiger partial charge in [-0.2, -0.15) is 4.98 Å². The molecular formula is C10H15N5S.